The van der Waals surface area contributed by atoms with E-state index in [1.54, 1.807) is 30.5 Å². The number of pyridine rings is 1. The lowest BCUT2D eigenvalue weighted by Crippen LogP contribution is -1.93. The highest BCUT2D eigenvalue weighted by Crippen LogP contribution is 2.37. The highest BCUT2D eigenvalue weighted by atomic mass is 79.9. The minimum atomic E-state index is -0.482. The summed E-state index contributed by atoms with van der Waals surface area (Å²) in [7, 11) is 0. The molecule has 0 atom stereocenters. The Kier molecular flexibility index (Phi) is 3.93. The molecular weight excluding hydrogens is 368 g/mol. The molecule has 2 rings (SSSR count). The van der Waals surface area contributed by atoms with Gasteiger partial charge in [0.25, 0.3) is 5.69 Å². The Bertz CT molecular complexity index is 605. The fraction of sp³-hybridized carbons (Fsp3) is 0. The van der Waals surface area contributed by atoms with Crippen LogP contribution in [0, 0.1) is 10.1 Å². The van der Waals surface area contributed by atoms with E-state index in [1.165, 1.54) is 6.07 Å². The van der Waals surface area contributed by atoms with Crippen LogP contribution in [0.5, 0.6) is 11.6 Å². The molecule has 2 aromatic rings. The van der Waals surface area contributed by atoms with E-state index >= 15 is 0 Å². The maximum Gasteiger partial charge on any atom is 0.287 e. The number of rotatable bonds is 3. The Morgan fingerprint density at radius 2 is 2.00 bits per heavy atom. The maximum atomic E-state index is 10.8. The SMILES string of the molecule is O=[N+]([O-])c1cccc(Oc2ncccc2Br)c1Br. The minimum absolute atomic E-state index is 0.0560. The molecule has 0 saturated carbocycles. The summed E-state index contributed by atoms with van der Waals surface area (Å²) in [4.78, 5) is 14.3. The van der Waals surface area contributed by atoms with Crippen molar-refractivity contribution in [3.8, 4) is 11.6 Å². The van der Waals surface area contributed by atoms with Crippen molar-refractivity contribution in [2.24, 2.45) is 0 Å². The van der Waals surface area contributed by atoms with E-state index in [4.69, 9.17) is 4.74 Å². The number of nitro groups is 1. The molecule has 0 bridgehead atoms. The molecule has 18 heavy (non-hydrogen) atoms. The second kappa shape index (κ2) is 5.45. The van der Waals surface area contributed by atoms with Gasteiger partial charge >= 0.3 is 0 Å². The lowest BCUT2D eigenvalue weighted by molar-refractivity contribution is -0.385. The van der Waals surface area contributed by atoms with Crippen molar-refractivity contribution in [1.29, 1.82) is 0 Å². The first-order chi connectivity index (χ1) is 8.59. The van der Waals surface area contributed by atoms with Crippen LogP contribution in [0.3, 0.4) is 0 Å². The van der Waals surface area contributed by atoms with E-state index in [2.05, 4.69) is 36.8 Å². The highest BCUT2D eigenvalue weighted by molar-refractivity contribution is 9.11. The Balaban J connectivity index is 2.39. The molecule has 0 N–H and O–H groups in total. The van der Waals surface area contributed by atoms with Gasteiger partial charge in [0.15, 0.2) is 5.75 Å². The number of ether oxygens (including phenoxy) is 1. The molecular formula is C11H6Br2N2O3. The second-order valence-corrected chi connectivity index (χ2v) is 4.89. The van der Waals surface area contributed by atoms with Gasteiger partial charge in [-0.15, -0.1) is 0 Å². The van der Waals surface area contributed by atoms with Crippen molar-refractivity contribution >= 4 is 37.5 Å². The average Bonchev–Trinajstić information content (AvgIpc) is 2.34. The van der Waals surface area contributed by atoms with E-state index in [9.17, 15) is 10.1 Å². The fourth-order valence-electron chi connectivity index (χ4n) is 1.27. The molecule has 92 valence electrons. The smallest absolute Gasteiger partial charge is 0.287 e. The van der Waals surface area contributed by atoms with Crippen molar-refractivity contribution in [1.82, 2.24) is 4.98 Å². The summed E-state index contributed by atoms with van der Waals surface area (Å²) in [5, 5.41) is 10.8. The monoisotopic (exact) mass is 372 g/mol. The largest absolute Gasteiger partial charge is 0.436 e. The number of benzene rings is 1. The molecule has 0 amide bonds. The maximum absolute atomic E-state index is 10.8. The third kappa shape index (κ3) is 2.68. The molecule has 0 radical (unpaired) electrons. The molecule has 0 unspecified atom stereocenters. The van der Waals surface area contributed by atoms with Gasteiger partial charge in [0.2, 0.25) is 5.88 Å². The van der Waals surface area contributed by atoms with E-state index < -0.39 is 4.92 Å². The number of hydrogen-bond donors (Lipinski definition) is 0. The summed E-state index contributed by atoms with van der Waals surface area (Å²) in [5.41, 5.74) is -0.0560. The van der Waals surface area contributed by atoms with Gasteiger partial charge < -0.3 is 4.74 Å². The minimum Gasteiger partial charge on any atom is -0.436 e. The van der Waals surface area contributed by atoms with Crippen LogP contribution in [-0.2, 0) is 0 Å². The van der Waals surface area contributed by atoms with E-state index in [0.29, 0.717) is 16.1 Å². The molecule has 0 aliphatic carbocycles. The quantitative estimate of drug-likeness (QED) is 0.594. The van der Waals surface area contributed by atoms with Crippen LogP contribution in [0.4, 0.5) is 5.69 Å². The van der Waals surface area contributed by atoms with Crippen molar-refractivity contribution in [3.63, 3.8) is 0 Å². The first-order valence-electron chi connectivity index (χ1n) is 4.81. The molecule has 0 spiro atoms. The molecule has 1 aromatic carbocycles. The Morgan fingerprint density at radius 3 is 2.67 bits per heavy atom. The predicted octanol–water partition coefficient (Wildman–Crippen LogP) is 4.31. The van der Waals surface area contributed by atoms with Gasteiger partial charge in [0.05, 0.1) is 9.40 Å². The van der Waals surface area contributed by atoms with Gasteiger partial charge in [-0.05, 0) is 50.1 Å². The number of nitro benzene ring substituents is 1. The molecule has 1 heterocycles. The number of nitrogens with zero attached hydrogens (tertiary/aromatic N) is 2. The lowest BCUT2D eigenvalue weighted by Gasteiger charge is -2.07. The second-order valence-electron chi connectivity index (χ2n) is 3.24. The Hall–Kier alpha value is -1.47. The molecule has 0 aliphatic rings. The van der Waals surface area contributed by atoms with Gasteiger partial charge in [-0.25, -0.2) is 4.98 Å². The predicted molar refractivity (Wildman–Crippen MR) is 72.8 cm³/mol. The van der Waals surface area contributed by atoms with Gasteiger partial charge in [0.1, 0.15) is 4.47 Å². The lowest BCUT2D eigenvalue weighted by atomic mass is 10.3. The van der Waals surface area contributed by atoms with Crippen LogP contribution in [0.1, 0.15) is 0 Å². The van der Waals surface area contributed by atoms with Crippen LogP contribution in [0.25, 0.3) is 0 Å². The van der Waals surface area contributed by atoms with Crippen molar-refractivity contribution in [2.45, 2.75) is 0 Å². The van der Waals surface area contributed by atoms with E-state index in [0.717, 1.165) is 0 Å². The zero-order valence-electron chi connectivity index (χ0n) is 8.84. The van der Waals surface area contributed by atoms with E-state index in [-0.39, 0.29) is 10.2 Å². The number of halogens is 2. The summed E-state index contributed by atoms with van der Waals surface area (Å²) in [5.74, 6) is 0.683. The fourth-order valence-corrected chi connectivity index (χ4v) is 2.10. The summed E-state index contributed by atoms with van der Waals surface area (Å²) in [6.45, 7) is 0. The molecule has 7 heteroatoms. The summed E-state index contributed by atoms with van der Waals surface area (Å²) in [6.07, 6.45) is 1.57. The zero-order chi connectivity index (χ0) is 13.1. The zero-order valence-corrected chi connectivity index (χ0v) is 12.0. The van der Waals surface area contributed by atoms with Crippen LogP contribution in [-0.4, -0.2) is 9.91 Å². The normalized spacial score (nSPS) is 10.1. The summed E-state index contributed by atoms with van der Waals surface area (Å²) in [6, 6.07) is 8.09. The van der Waals surface area contributed by atoms with Crippen molar-refractivity contribution in [2.75, 3.05) is 0 Å². The summed E-state index contributed by atoms with van der Waals surface area (Å²) >= 11 is 6.44. The molecule has 0 saturated heterocycles. The topological polar surface area (TPSA) is 65.3 Å². The molecule has 0 aliphatic heterocycles. The Labute approximate surface area is 119 Å². The molecule has 5 nitrogen and oxygen atoms in total. The van der Waals surface area contributed by atoms with Crippen LogP contribution < -0.4 is 4.74 Å². The van der Waals surface area contributed by atoms with Gasteiger partial charge in [-0.1, -0.05) is 6.07 Å². The highest BCUT2D eigenvalue weighted by Gasteiger charge is 2.17. The number of aromatic nitrogens is 1. The third-order valence-corrected chi connectivity index (χ3v) is 3.47. The van der Waals surface area contributed by atoms with Crippen molar-refractivity contribution in [3.05, 3.63) is 55.6 Å². The van der Waals surface area contributed by atoms with Crippen LogP contribution in [0.2, 0.25) is 0 Å². The van der Waals surface area contributed by atoms with Crippen LogP contribution in [0.15, 0.2) is 45.5 Å². The van der Waals surface area contributed by atoms with Gasteiger partial charge in [0, 0.05) is 12.3 Å². The van der Waals surface area contributed by atoms with E-state index in [1.807, 2.05) is 0 Å². The first kappa shape index (κ1) is 13.0. The third-order valence-electron chi connectivity index (χ3n) is 2.07. The van der Waals surface area contributed by atoms with Gasteiger partial charge in [-0.2, -0.15) is 0 Å². The number of hydrogen-bond acceptors (Lipinski definition) is 4. The summed E-state index contributed by atoms with van der Waals surface area (Å²) < 4.78 is 6.48. The van der Waals surface area contributed by atoms with Gasteiger partial charge in [-0.3, -0.25) is 10.1 Å². The van der Waals surface area contributed by atoms with Crippen molar-refractivity contribution < 1.29 is 9.66 Å². The Morgan fingerprint density at radius 1 is 1.22 bits per heavy atom. The average molecular weight is 374 g/mol. The first-order valence-corrected chi connectivity index (χ1v) is 6.39. The standard InChI is InChI=1S/C11H6Br2N2O3/c12-7-3-2-6-14-11(7)18-9-5-1-4-8(10(9)13)15(16)17/h1-6H. The molecule has 0 fully saturated rings. The molecule has 1 aromatic heterocycles. The van der Waals surface area contributed by atoms with Crippen LogP contribution >= 0.6 is 31.9 Å².